The van der Waals surface area contributed by atoms with E-state index >= 15 is 0 Å². The van der Waals surface area contributed by atoms with Gasteiger partial charge in [0.05, 0.1) is 11.3 Å². The van der Waals surface area contributed by atoms with Crippen molar-refractivity contribution in [2.24, 2.45) is 0 Å². The van der Waals surface area contributed by atoms with Gasteiger partial charge in [-0.1, -0.05) is 48.5 Å². The summed E-state index contributed by atoms with van der Waals surface area (Å²) in [4.78, 5) is 13.7. The number of allylic oxidation sites excluding steroid dienone is 4. The van der Waals surface area contributed by atoms with Crippen molar-refractivity contribution in [3.05, 3.63) is 108 Å². The molecule has 2 aromatic rings. The second-order valence-corrected chi connectivity index (χ2v) is 7.50. The second kappa shape index (κ2) is 7.95. The Morgan fingerprint density at radius 1 is 1.07 bits per heavy atom. The van der Waals surface area contributed by atoms with E-state index in [0.29, 0.717) is 5.56 Å². The van der Waals surface area contributed by atoms with E-state index in [9.17, 15) is 9.90 Å². The molecule has 2 heterocycles. The van der Waals surface area contributed by atoms with Gasteiger partial charge in [0.1, 0.15) is 5.82 Å². The highest BCUT2D eigenvalue weighted by atomic mass is 16.4. The first-order chi connectivity index (χ1) is 14.5. The minimum Gasteiger partial charge on any atom is -0.478 e. The predicted molar refractivity (Wildman–Crippen MR) is 119 cm³/mol. The molecule has 2 aromatic carbocycles. The van der Waals surface area contributed by atoms with E-state index in [2.05, 4.69) is 65.7 Å². The fourth-order valence-corrected chi connectivity index (χ4v) is 3.96. The number of nitrogens with zero attached hydrogens (tertiary/aromatic N) is 3. The van der Waals surface area contributed by atoms with Crippen molar-refractivity contribution in [3.8, 4) is 11.1 Å². The summed E-state index contributed by atoms with van der Waals surface area (Å²) in [5.74, 6) is 0.197. The molecule has 0 atom stereocenters. The predicted octanol–water partition coefficient (Wildman–Crippen LogP) is 5.19. The van der Waals surface area contributed by atoms with E-state index in [1.807, 2.05) is 37.3 Å². The van der Waals surface area contributed by atoms with E-state index < -0.39 is 5.97 Å². The van der Waals surface area contributed by atoms with Gasteiger partial charge in [0.2, 0.25) is 0 Å². The van der Waals surface area contributed by atoms with E-state index in [4.69, 9.17) is 0 Å². The standard InChI is InChI=1S/C25H25N3O2/c1-4-13-27-17-21(28-24(27)14-18(2)16-26(28)3)15-19-9-11-20(12-10-19)22-7-5-6-8-23(22)25(29)30/h4-14,16-17H,15H2,1-3H3,(H,29,30)/b13-4+. The maximum Gasteiger partial charge on any atom is 0.336 e. The van der Waals surface area contributed by atoms with Crippen LogP contribution in [0.3, 0.4) is 0 Å². The number of fused-ring (bicyclic) bond motifs is 1. The molecular formula is C25H25N3O2. The van der Waals surface area contributed by atoms with Gasteiger partial charge >= 0.3 is 5.97 Å². The molecule has 4 rings (SSSR count). The summed E-state index contributed by atoms with van der Waals surface area (Å²) in [6.07, 6.45) is 11.3. The van der Waals surface area contributed by atoms with Crippen molar-refractivity contribution in [2.75, 3.05) is 7.05 Å². The van der Waals surface area contributed by atoms with E-state index in [0.717, 1.165) is 23.4 Å². The van der Waals surface area contributed by atoms with Gasteiger partial charge < -0.3 is 10.0 Å². The molecule has 5 nitrogen and oxygen atoms in total. The highest BCUT2D eigenvalue weighted by Crippen LogP contribution is 2.34. The average Bonchev–Trinajstić information content (AvgIpc) is 3.06. The number of carboxylic acids is 1. The molecule has 0 bridgehead atoms. The molecule has 2 aliphatic heterocycles. The largest absolute Gasteiger partial charge is 0.478 e. The van der Waals surface area contributed by atoms with Gasteiger partial charge in [-0.2, -0.15) is 0 Å². The highest BCUT2D eigenvalue weighted by molar-refractivity contribution is 5.95. The lowest BCUT2D eigenvalue weighted by molar-refractivity contribution is 0.0697. The Morgan fingerprint density at radius 2 is 1.80 bits per heavy atom. The van der Waals surface area contributed by atoms with Crippen LogP contribution in [0.4, 0.5) is 0 Å². The number of carbonyl (C=O) groups is 1. The zero-order chi connectivity index (χ0) is 21.3. The molecule has 0 saturated heterocycles. The van der Waals surface area contributed by atoms with E-state index in [-0.39, 0.29) is 0 Å². The molecule has 5 heteroatoms. The molecule has 0 radical (unpaired) electrons. The first-order valence-electron chi connectivity index (χ1n) is 9.94. The molecule has 0 saturated carbocycles. The van der Waals surface area contributed by atoms with Gasteiger partial charge in [0.15, 0.2) is 0 Å². The Kier molecular flexibility index (Phi) is 5.19. The summed E-state index contributed by atoms with van der Waals surface area (Å²) in [6, 6.07) is 15.2. The Bertz CT molecular complexity index is 1090. The zero-order valence-corrected chi connectivity index (χ0v) is 17.4. The number of hydrogen-bond donors (Lipinski definition) is 1. The third-order valence-corrected chi connectivity index (χ3v) is 5.22. The van der Waals surface area contributed by atoms with E-state index in [1.54, 1.807) is 12.1 Å². The Labute approximate surface area is 177 Å². The number of rotatable bonds is 5. The first kappa shape index (κ1) is 19.6. The summed E-state index contributed by atoms with van der Waals surface area (Å²) >= 11 is 0. The van der Waals surface area contributed by atoms with Crippen molar-refractivity contribution in [1.82, 2.24) is 14.9 Å². The minimum absolute atomic E-state index is 0.317. The fraction of sp³-hybridized carbons (Fsp3) is 0.160. The topological polar surface area (TPSA) is 47.0 Å². The average molecular weight is 399 g/mol. The molecule has 0 aromatic heterocycles. The lowest BCUT2D eigenvalue weighted by Gasteiger charge is -2.36. The van der Waals surface area contributed by atoms with Crippen LogP contribution < -0.4 is 0 Å². The van der Waals surface area contributed by atoms with Crippen LogP contribution >= 0.6 is 0 Å². The molecule has 0 fully saturated rings. The number of aromatic carboxylic acids is 1. The fourth-order valence-electron chi connectivity index (χ4n) is 3.96. The third-order valence-electron chi connectivity index (χ3n) is 5.22. The maximum absolute atomic E-state index is 11.5. The van der Waals surface area contributed by atoms with Gasteiger partial charge in [-0.25, -0.2) is 9.80 Å². The third kappa shape index (κ3) is 3.62. The molecule has 30 heavy (non-hydrogen) atoms. The Balaban J connectivity index is 1.60. The molecule has 2 aliphatic rings. The SMILES string of the molecule is C/C=C/N1C=C(Cc2ccc(-c3ccccc3C(=O)O)cc2)N2C1=CC(C)=CN2C. The van der Waals surface area contributed by atoms with Crippen LogP contribution in [0.5, 0.6) is 0 Å². The number of benzene rings is 2. The van der Waals surface area contributed by atoms with Crippen molar-refractivity contribution in [2.45, 2.75) is 20.3 Å². The summed E-state index contributed by atoms with van der Waals surface area (Å²) in [6.45, 7) is 4.11. The van der Waals surface area contributed by atoms with Gasteiger partial charge in [-0.05, 0) is 48.3 Å². The molecule has 0 spiro atoms. The lowest BCUT2D eigenvalue weighted by Crippen LogP contribution is -2.37. The van der Waals surface area contributed by atoms with Crippen molar-refractivity contribution < 1.29 is 9.90 Å². The Hall–Kier alpha value is -3.73. The van der Waals surface area contributed by atoms with Crippen molar-refractivity contribution >= 4 is 5.97 Å². The van der Waals surface area contributed by atoms with Crippen LogP contribution in [-0.4, -0.2) is 33.0 Å². The summed E-state index contributed by atoms with van der Waals surface area (Å²) < 4.78 is 0. The summed E-state index contributed by atoms with van der Waals surface area (Å²) in [5.41, 5.74) is 5.50. The van der Waals surface area contributed by atoms with Crippen LogP contribution in [-0.2, 0) is 6.42 Å². The van der Waals surface area contributed by atoms with Gasteiger partial charge in [-0.3, -0.25) is 5.01 Å². The smallest absolute Gasteiger partial charge is 0.336 e. The molecule has 0 amide bonds. The molecule has 0 aliphatic carbocycles. The number of carboxylic acid groups (broad SMARTS) is 1. The molecule has 0 unspecified atom stereocenters. The molecule has 152 valence electrons. The first-order valence-corrected chi connectivity index (χ1v) is 9.94. The van der Waals surface area contributed by atoms with Crippen molar-refractivity contribution in [1.29, 1.82) is 0 Å². The van der Waals surface area contributed by atoms with Crippen LogP contribution in [0.25, 0.3) is 11.1 Å². The van der Waals surface area contributed by atoms with Crippen LogP contribution in [0.1, 0.15) is 29.8 Å². The summed E-state index contributed by atoms with van der Waals surface area (Å²) in [5, 5.41) is 13.8. The van der Waals surface area contributed by atoms with Crippen LogP contribution in [0, 0.1) is 0 Å². The van der Waals surface area contributed by atoms with E-state index in [1.165, 1.54) is 16.8 Å². The maximum atomic E-state index is 11.5. The lowest BCUT2D eigenvalue weighted by atomic mass is 9.98. The number of hydrazine groups is 1. The monoisotopic (exact) mass is 399 g/mol. The second-order valence-electron chi connectivity index (χ2n) is 7.50. The Morgan fingerprint density at radius 3 is 2.50 bits per heavy atom. The van der Waals surface area contributed by atoms with Crippen LogP contribution in [0.15, 0.2) is 96.4 Å². The normalized spacial score (nSPS) is 15.8. The number of hydrogen-bond acceptors (Lipinski definition) is 4. The zero-order valence-electron chi connectivity index (χ0n) is 17.4. The van der Waals surface area contributed by atoms with Crippen LogP contribution in [0.2, 0.25) is 0 Å². The van der Waals surface area contributed by atoms with Gasteiger partial charge in [0, 0.05) is 32.1 Å². The quantitative estimate of drug-likeness (QED) is 0.749. The summed E-state index contributed by atoms with van der Waals surface area (Å²) in [7, 11) is 2.05. The van der Waals surface area contributed by atoms with Gasteiger partial charge in [-0.15, -0.1) is 0 Å². The highest BCUT2D eigenvalue weighted by Gasteiger charge is 2.30. The minimum atomic E-state index is -0.911. The van der Waals surface area contributed by atoms with Gasteiger partial charge in [0.25, 0.3) is 0 Å². The molecule has 1 N–H and O–H groups in total. The molecular weight excluding hydrogens is 374 g/mol. The van der Waals surface area contributed by atoms with Crippen molar-refractivity contribution in [3.63, 3.8) is 0 Å².